The third-order valence-electron chi connectivity index (χ3n) is 2.51. The lowest BCUT2D eigenvalue weighted by molar-refractivity contribution is -0.166. The van der Waals surface area contributed by atoms with Crippen LogP contribution in [0.1, 0.15) is 26.2 Å². The lowest BCUT2D eigenvalue weighted by Gasteiger charge is -2.30. The van der Waals surface area contributed by atoms with Gasteiger partial charge in [-0.1, -0.05) is 13.3 Å². The first-order chi connectivity index (χ1) is 7.08. The normalized spacial score (nSPS) is 24.9. The van der Waals surface area contributed by atoms with Gasteiger partial charge >= 0.3 is 5.97 Å². The molecule has 0 saturated carbocycles. The number of ether oxygens (including phenoxy) is 1. The van der Waals surface area contributed by atoms with Crippen LogP contribution in [-0.2, 0) is 9.53 Å². The van der Waals surface area contributed by atoms with E-state index in [2.05, 4.69) is 5.32 Å². The van der Waals surface area contributed by atoms with Crippen LogP contribution in [0.4, 0.5) is 8.78 Å². The Morgan fingerprint density at radius 1 is 1.60 bits per heavy atom. The van der Waals surface area contributed by atoms with Crippen LogP contribution in [-0.4, -0.2) is 31.6 Å². The van der Waals surface area contributed by atoms with Gasteiger partial charge in [-0.3, -0.25) is 4.79 Å². The predicted octanol–water partition coefficient (Wildman–Crippen LogP) is 1.57. The van der Waals surface area contributed by atoms with Crippen molar-refractivity contribution in [1.29, 1.82) is 0 Å². The number of halogens is 2. The van der Waals surface area contributed by atoms with Gasteiger partial charge in [0.25, 0.3) is 5.92 Å². The molecule has 5 heteroatoms. The van der Waals surface area contributed by atoms with E-state index in [0.717, 1.165) is 12.8 Å². The zero-order valence-electron chi connectivity index (χ0n) is 8.89. The molecule has 1 unspecified atom stereocenters. The monoisotopic (exact) mass is 221 g/mol. The summed E-state index contributed by atoms with van der Waals surface area (Å²) in [5.74, 6) is -4.99. The van der Waals surface area contributed by atoms with Gasteiger partial charge in [0.1, 0.15) is 5.92 Å². The number of carbonyl (C=O) groups excluding carboxylic acids is 1. The van der Waals surface area contributed by atoms with Crippen LogP contribution in [0.15, 0.2) is 0 Å². The molecule has 0 amide bonds. The van der Waals surface area contributed by atoms with E-state index in [1.54, 1.807) is 0 Å². The van der Waals surface area contributed by atoms with Gasteiger partial charge in [-0.25, -0.2) is 8.78 Å². The summed E-state index contributed by atoms with van der Waals surface area (Å²) in [5, 5.41) is 2.57. The maximum Gasteiger partial charge on any atom is 0.315 e. The van der Waals surface area contributed by atoms with Gasteiger partial charge in [0.15, 0.2) is 0 Å². The van der Waals surface area contributed by atoms with Crippen LogP contribution < -0.4 is 5.32 Å². The van der Waals surface area contributed by atoms with Gasteiger partial charge < -0.3 is 10.1 Å². The third-order valence-corrected chi connectivity index (χ3v) is 2.51. The lowest BCUT2D eigenvalue weighted by atomic mass is 9.94. The fourth-order valence-electron chi connectivity index (χ4n) is 1.54. The SMILES string of the molecule is CCCCOC(=O)C1CCNCC1(F)F. The van der Waals surface area contributed by atoms with Gasteiger partial charge in [-0.05, 0) is 19.4 Å². The number of hydrogen-bond acceptors (Lipinski definition) is 3. The molecule has 0 radical (unpaired) electrons. The smallest absolute Gasteiger partial charge is 0.315 e. The minimum atomic E-state index is -2.97. The Labute approximate surface area is 88.2 Å². The Kier molecular flexibility index (Phi) is 4.45. The molecule has 0 spiro atoms. The zero-order valence-corrected chi connectivity index (χ0v) is 8.89. The van der Waals surface area contributed by atoms with Crippen LogP contribution in [0.3, 0.4) is 0 Å². The van der Waals surface area contributed by atoms with E-state index in [-0.39, 0.29) is 13.0 Å². The first-order valence-corrected chi connectivity index (χ1v) is 5.33. The molecule has 1 fully saturated rings. The number of esters is 1. The molecule has 0 aromatic carbocycles. The lowest BCUT2D eigenvalue weighted by Crippen LogP contribution is -2.49. The largest absolute Gasteiger partial charge is 0.465 e. The molecule has 88 valence electrons. The molecule has 1 N–H and O–H groups in total. The molecule has 1 rings (SSSR count). The van der Waals surface area contributed by atoms with Gasteiger partial charge in [0.2, 0.25) is 0 Å². The van der Waals surface area contributed by atoms with E-state index in [4.69, 9.17) is 4.74 Å². The van der Waals surface area contributed by atoms with Crippen molar-refractivity contribution >= 4 is 5.97 Å². The fourth-order valence-corrected chi connectivity index (χ4v) is 1.54. The van der Waals surface area contributed by atoms with Crippen LogP contribution in [0, 0.1) is 5.92 Å². The standard InChI is InChI=1S/C10H17F2NO2/c1-2-3-6-15-9(14)8-4-5-13-7-10(8,11)12/h8,13H,2-7H2,1H3. The number of nitrogens with one attached hydrogen (secondary N) is 1. The summed E-state index contributed by atoms with van der Waals surface area (Å²) < 4.78 is 31.3. The summed E-state index contributed by atoms with van der Waals surface area (Å²) in [5.41, 5.74) is 0. The Morgan fingerprint density at radius 3 is 2.93 bits per heavy atom. The number of piperidine rings is 1. The van der Waals surface area contributed by atoms with E-state index in [9.17, 15) is 13.6 Å². The molecule has 1 heterocycles. The van der Waals surface area contributed by atoms with Crippen LogP contribution >= 0.6 is 0 Å². The van der Waals surface area contributed by atoms with Gasteiger partial charge in [-0.15, -0.1) is 0 Å². The highest BCUT2D eigenvalue weighted by Gasteiger charge is 2.46. The van der Waals surface area contributed by atoms with Crippen molar-refractivity contribution in [3.8, 4) is 0 Å². The first-order valence-electron chi connectivity index (χ1n) is 5.33. The van der Waals surface area contributed by atoms with Crippen molar-refractivity contribution in [2.24, 2.45) is 5.92 Å². The molecule has 0 aromatic rings. The van der Waals surface area contributed by atoms with E-state index in [0.29, 0.717) is 6.54 Å². The van der Waals surface area contributed by atoms with Gasteiger partial charge in [0.05, 0.1) is 13.2 Å². The Bertz CT molecular complexity index is 221. The second kappa shape index (κ2) is 5.39. The van der Waals surface area contributed by atoms with E-state index < -0.39 is 24.4 Å². The van der Waals surface area contributed by atoms with Crippen molar-refractivity contribution in [2.45, 2.75) is 32.1 Å². The Balaban J connectivity index is 2.42. The van der Waals surface area contributed by atoms with E-state index in [1.807, 2.05) is 6.92 Å². The topological polar surface area (TPSA) is 38.3 Å². The Morgan fingerprint density at radius 2 is 2.33 bits per heavy atom. The molecule has 15 heavy (non-hydrogen) atoms. The summed E-state index contributed by atoms with van der Waals surface area (Å²) in [4.78, 5) is 11.4. The molecule has 1 aliphatic heterocycles. The molecule has 3 nitrogen and oxygen atoms in total. The predicted molar refractivity (Wildman–Crippen MR) is 51.8 cm³/mol. The molecule has 0 aliphatic carbocycles. The van der Waals surface area contributed by atoms with Gasteiger partial charge in [0, 0.05) is 0 Å². The highest BCUT2D eigenvalue weighted by atomic mass is 19.3. The van der Waals surface area contributed by atoms with Crippen molar-refractivity contribution in [2.75, 3.05) is 19.7 Å². The summed E-state index contributed by atoms with van der Waals surface area (Å²) in [6.07, 6.45) is 1.76. The molecule has 0 aromatic heterocycles. The van der Waals surface area contributed by atoms with Crippen molar-refractivity contribution in [3.05, 3.63) is 0 Å². The molecule has 1 saturated heterocycles. The summed E-state index contributed by atoms with van der Waals surface area (Å²) in [7, 11) is 0. The second-order valence-corrected chi connectivity index (χ2v) is 3.80. The second-order valence-electron chi connectivity index (χ2n) is 3.80. The van der Waals surface area contributed by atoms with Crippen molar-refractivity contribution < 1.29 is 18.3 Å². The summed E-state index contributed by atoms with van der Waals surface area (Å²) in [6.45, 7) is 2.21. The molecule has 1 aliphatic rings. The highest BCUT2D eigenvalue weighted by Crippen LogP contribution is 2.30. The Hall–Kier alpha value is -0.710. The number of rotatable bonds is 4. The van der Waals surface area contributed by atoms with Gasteiger partial charge in [-0.2, -0.15) is 0 Å². The minimum absolute atomic E-state index is 0.151. The average molecular weight is 221 g/mol. The molecule has 1 atom stereocenters. The van der Waals surface area contributed by atoms with E-state index >= 15 is 0 Å². The fraction of sp³-hybridized carbons (Fsp3) is 0.900. The van der Waals surface area contributed by atoms with Crippen molar-refractivity contribution in [1.82, 2.24) is 5.32 Å². The summed E-state index contributed by atoms with van der Waals surface area (Å²) in [6, 6.07) is 0. The highest BCUT2D eigenvalue weighted by molar-refractivity contribution is 5.73. The minimum Gasteiger partial charge on any atom is -0.465 e. The summed E-state index contributed by atoms with van der Waals surface area (Å²) >= 11 is 0. The van der Waals surface area contributed by atoms with E-state index in [1.165, 1.54) is 0 Å². The van der Waals surface area contributed by atoms with Crippen LogP contribution in [0.2, 0.25) is 0 Å². The first kappa shape index (κ1) is 12.4. The maximum atomic E-state index is 13.3. The number of alkyl halides is 2. The third kappa shape index (κ3) is 3.41. The zero-order chi connectivity index (χ0) is 11.3. The van der Waals surface area contributed by atoms with Crippen LogP contribution in [0.25, 0.3) is 0 Å². The van der Waals surface area contributed by atoms with Crippen molar-refractivity contribution in [3.63, 3.8) is 0 Å². The maximum absolute atomic E-state index is 13.3. The molecule has 0 bridgehead atoms. The average Bonchev–Trinajstić information content (AvgIpc) is 2.17. The number of hydrogen-bond donors (Lipinski definition) is 1. The van der Waals surface area contributed by atoms with Crippen LogP contribution in [0.5, 0.6) is 0 Å². The molecular weight excluding hydrogens is 204 g/mol. The molecular formula is C10H17F2NO2. The quantitative estimate of drug-likeness (QED) is 0.578. The number of carbonyl (C=O) groups is 1. The number of unbranched alkanes of at least 4 members (excludes halogenated alkanes) is 1.